The van der Waals surface area contributed by atoms with Crippen molar-refractivity contribution in [1.29, 1.82) is 0 Å². The van der Waals surface area contributed by atoms with Crippen LogP contribution in [0, 0.1) is 13.8 Å². The third-order valence-corrected chi connectivity index (χ3v) is 3.05. The van der Waals surface area contributed by atoms with E-state index in [4.69, 9.17) is 9.47 Å². The summed E-state index contributed by atoms with van der Waals surface area (Å²) in [5.74, 6) is -0.335. The summed E-state index contributed by atoms with van der Waals surface area (Å²) in [5.41, 5.74) is 2.06. The van der Waals surface area contributed by atoms with Crippen LogP contribution in [0.2, 0.25) is 0 Å². The number of ether oxygens (including phenoxy) is 2. The molecular formula is C17H25NO4. The zero-order valence-corrected chi connectivity index (χ0v) is 14.0. The van der Waals surface area contributed by atoms with Gasteiger partial charge in [-0.3, -0.25) is 0 Å². The molecular weight excluding hydrogens is 282 g/mol. The van der Waals surface area contributed by atoms with Gasteiger partial charge in [0.25, 0.3) is 0 Å². The van der Waals surface area contributed by atoms with Gasteiger partial charge in [0.2, 0.25) is 0 Å². The number of carbonyl (C=O) groups excluding carboxylic acids is 2. The molecule has 0 aliphatic heterocycles. The first kappa shape index (κ1) is 18.0. The number of hydrogen-bond acceptors (Lipinski definition) is 4. The van der Waals surface area contributed by atoms with E-state index in [9.17, 15) is 9.59 Å². The fourth-order valence-corrected chi connectivity index (χ4v) is 1.79. The molecule has 22 heavy (non-hydrogen) atoms. The predicted molar refractivity (Wildman–Crippen MR) is 85.1 cm³/mol. The molecule has 0 bridgehead atoms. The van der Waals surface area contributed by atoms with Crippen LogP contribution in [0.5, 0.6) is 0 Å². The van der Waals surface area contributed by atoms with Gasteiger partial charge in [-0.1, -0.05) is 12.1 Å². The summed E-state index contributed by atoms with van der Waals surface area (Å²) in [6, 6.07) is 5.55. The molecule has 0 heterocycles. The van der Waals surface area contributed by atoms with E-state index in [1.807, 2.05) is 26.0 Å². The Morgan fingerprint density at radius 3 is 2.50 bits per heavy atom. The van der Waals surface area contributed by atoms with Gasteiger partial charge in [-0.15, -0.1) is 0 Å². The molecule has 1 amide bonds. The summed E-state index contributed by atoms with van der Waals surface area (Å²) in [5, 5.41) is 2.62. The average Bonchev–Trinajstić information content (AvgIpc) is 2.39. The molecule has 0 atom stereocenters. The third kappa shape index (κ3) is 6.16. The van der Waals surface area contributed by atoms with Crippen LogP contribution in [0.4, 0.5) is 4.79 Å². The van der Waals surface area contributed by atoms with Crippen molar-refractivity contribution in [3.05, 3.63) is 34.9 Å². The van der Waals surface area contributed by atoms with Crippen molar-refractivity contribution in [2.45, 2.75) is 46.6 Å². The molecule has 1 aromatic carbocycles. The van der Waals surface area contributed by atoms with Crippen molar-refractivity contribution in [1.82, 2.24) is 5.32 Å². The Bertz CT molecular complexity index is 532. The molecule has 0 saturated heterocycles. The monoisotopic (exact) mass is 307 g/mol. The summed E-state index contributed by atoms with van der Waals surface area (Å²) in [6.07, 6.45) is 0.0731. The maximum atomic E-state index is 12.0. The second-order valence-electron chi connectivity index (χ2n) is 6.17. The number of esters is 1. The predicted octanol–water partition coefficient (Wildman–Crippen LogP) is 3.38. The van der Waals surface area contributed by atoms with Crippen LogP contribution in [-0.2, 0) is 9.47 Å². The van der Waals surface area contributed by atoms with Gasteiger partial charge in [0, 0.05) is 6.54 Å². The number of aryl methyl sites for hydroxylation is 1. The second kappa shape index (κ2) is 7.82. The van der Waals surface area contributed by atoms with Gasteiger partial charge < -0.3 is 14.8 Å². The molecule has 0 saturated carbocycles. The highest BCUT2D eigenvalue weighted by Gasteiger charge is 2.15. The summed E-state index contributed by atoms with van der Waals surface area (Å²) >= 11 is 0. The SMILES string of the molecule is Cc1cccc(C(=O)OCCCNC(=O)OC(C)(C)C)c1C. The zero-order chi connectivity index (χ0) is 16.8. The van der Waals surface area contributed by atoms with E-state index in [0.717, 1.165) is 11.1 Å². The summed E-state index contributed by atoms with van der Waals surface area (Å²) in [4.78, 5) is 23.4. The van der Waals surface area contributed by atoms with Gasteiger partial charge in [0.1, 0.15) is 5.60 Å². The quantitative estimate of drug-likeness (QED) is 0.669. The second-order valence-corrected chi connectivity index (χ2v) is 6.17. The fraction of sp³-hybridized carbons (Fsp3) is 0.529. The number of alkyl carbamates (subject to hydrolysis) is 1. The minimum atomic E-state index is -0.515. The summed E-state index contributed by atoms with van der Waals surface area (Å²) < 4.78 is 10.3. The first-order chi connectivity index (χ1) is 10.2. The van der Waals surface area contributed by atoms with Crippen LogP contribution < -0.4 is 5.32 Å². The van der Waals surface area contributed by atoms with Gasteiger partial charge in [-0.05, 0) is 58.2 Å². The lowest BCUT2D eigenvalue weighted by Crippen LogP contribution is -2.33. The van der Waals surface area contributed by atoms with Crippen LogP contribution in [0.3, 0.4) is 0 Å². The Morgan fingerprint density at radius 1 is 1.18 bits per heavy atom. The molecule has 0 aromatic heterocycles. The fourth-order valence-electron chi connectivity index (χ4n) is 1.79. The number of benzene rings is 1. The average molecular weight is 307 g/mol. The summed E-state index contributed by atoms with van der Waals surface area (Å²) in [6.45, 7) is 9.92. The maximum absolute atomic E-state index is 12.0. The maximum Gasteiger partial charge on any atom is 0.407 e. The van der Waals surface area contributed by atoms with Crippen molar-refractivity contribution in [2.24, 2.45) is 0 Å². The van der Waals surface area contributed by atoms with Crippen molar-refractivity contribution in [3.8, 4) is 0 Å². The smallest absolute Gasteiger partial charge is 0.407 e. The molecule has 0 fully saturated rings. The molecule has 0 unspecified atom stereocenters. The molecule has 1 N–H and O–H groups in total. The molecule has 5 nitrogen and oxygen atoms in total. The van der Waals surface area contributed by atoms with Gasteiger partial charge in [0.05, 0.1) is 12.2 Å². The Hall–Kier alpha value is -2.04. The minimum Gasteiger partial charge on any atom is -0.462 e. The molecule has 1 rings (SSSR count). The van der Waals surface area contributed by atoms with E-state index in [1.165, 1.54) is 0 Å². The van der Waals surface area contributed by atoms with Crippen molar-refractivity contribution in [2.75, 3.05) is 13.2 Å². The number of rotatable bonds is 5. The van der Waals surface area contributed by atoms with Gasteiger partial charge in [0.15, 0.2) is 0 Å². The van der Waals surface area contributed by atoms with Crippen LogP contribution in [0.15, 0.2) is 18.2 Å². The van der Waals surface area contributed by atoms with Crippen molar-refractivity contribution >= 4 is 12.1 Å². The van der Waals surface area contributed by atoms with E-state index in [1.54, 1.807) is 26.8 Å². The number of amides is 1. The highest BCUT2D eigenvalue weighted by atomic mass is 16.6. The number of carbonyl (C=O) groups is 2. The van der Waals surface area contributed by atoms with E-state index in [-0.39, 0.29) is 12.6 Å². The highest BCUT2D eigenvalue weighted by Crippen LogP contribution is 2.13. The van der Waals surface area contributed by atoms with Crippen LogP contribution >= 0.6 is 0 Å². The van der Waals surface area contributed by atoms with Crippen LogP contribution in [0.1, 0.15) is 48.7 Å². The lowest BCUT2D eigenvalue weighted by molar-refractivity contribution is 0.0482. The van der Waals surface area contributed by atoms with Crippen molar-refractivity contribution in [3.63, 3.8) is 0 Å². The van der Waals surface area contributed by atoms with Crippen LogP contribution in [-0.4, -0.2) is 30.8 Å². The largest absolute Gasteiger partial charge is 0.462 e. The third-order valence-electron chi connectivity index (χ3n) is 3.05. The van der Waals surface area contributed by atoms with E-state index in [0.29, 0.717) is 18.5 Å². The molecule has 5 heteroatoms. The Morgan fingerprint density at radius 2 is 1.86 bits per heavy atom. The van der Waals surface area contributed by atoms with Crippen LogP contribution in [0.25, 0.3) is 0 Å². The first-order valence-electron chi connectivity index (χ1n) is 7.41. The van der Waals surface area contributed by atoms with E-state index < -0.39 is 11.7 Å². The van der Waals surface area contributed by atoms with Gasteiger partial charge in [-0.25, -0.2) is 9.59 Å². The minimum absolute atomic E-state index is 0.252. The lowest BCUT2D eigenvalue weighted by atomic mass is 10.0. The molecule has 1 aromatic rings. The first-order valence-corrected chi connectivity index (χ1v) is 7.41. The standard InChI is InChI=1S/C17H25NO4/c1-12-8-6-9-14(13(12)2)15(19)21-11-7-10-18-16(20)22-17(3,4)5/h6,8-9H,7,10-11H2,1-5H3,(H,18,20). The molecule has 0 aliphatic carbocycles. The highest BCUT2D eigenvalue weighted by molar-refractivity contribution is 5.91. The lowest BCUT2D eigenvalue weighted by Gasteiger charge is -2.19. The molecule has 0 aliphatic rings. The normalized spacial score (nSPS) is 11.0. The van der Waals surface area contributed by atoms with Gasteiger partial charge >= 0.3 is 12.1 Å². The Balaban J connectivity index is 2.29. The van der Waals surface area contributed by atoms with Crippen molar-refractivity contribution < 1.29 is 19.1 Å². The number of hydrogen-bond donors (Lipinski definition) is 1. The zero-order valence-electron chi connectivity index (χ0n) is 14.0. The Kier molecular flexibility index (Phi) is 6.40. The summed E-state index contributed by atoms with van der Waals surface area (Å²) in [7, 11) is 0. The van der Waals surface area contributed by atoms with E-state index >= 15 is 0 Å². The molecule has 122 valence electrons. The molecule has 0 spiro atoms. The topological polar surface area (TPSA) is 64.6 Å². The van der Waals surface area contributed by atoms with Gasteiger partial charge in [-0.2, -0.15) is 0 Å². The van der Waals surface area contributed by atoms with E-state index in [2.05, 4.69) is 5.32 Å². The molecule has 0 radical (unpaired) electrons. The number of nitrogens with one attached hydrogen (secondary N) is 1. The Labute approximate surface area is 132 Å².